The summed E-state index contributed by atoms with van der Waals surface area (Å²) in [5.74, 6) is -7.99. The molecule has 0 spiro atoms. The monoisotopic (exact) mass is 719 g/mol. The van der Waals surface area contributed by atoms with Gasteiger partial charge in [0.25, 0.3) is 0 Å². The van der Waals surface area contributed by atoms with Gasteiger partial charge in [0.05, 0.1) is 12.1 Å². The minimum Gasteiger partial charge on any atom is -0.481 e. The fourth-order valence-corrected chi connectivity index (χ4v) is 5.46. The van der Waals surface area contributed by atoms with Crippen LogP contribution in [0.15, 0.2) is 30.3 Å². The number of likely N-dealkylation sites (tertiary alicyclic amines) is 1. The third-order valence-electron chi connectivity index (χ3n) is 8.35. The van der Waals surface area contributed by atoms with Crippen LogP contribution in [-0.2, 0) is 44.8 Å². The number of primary amides is 1. The van der Waals surface area contributed by atoms with E-state index < -0.39 is 108 Å². The first kappa shape index (κ1) is 42.1. The highest BCUT2D eigenvalue weighted by molar-refractivity contribution is 5.97. The second-order valence-electron chi connectivity index (χ2n) is 12.8. The number of nitrogens with zero attached hydrogens (tertiary/aromatic N) is 1. The molecule has 0 aliphatic carbocycles. The van der Waals surface area contributed by atoms with E-state index in [4.69, 9.17) is 11.5 Å². The average molecular weight is 720 g/mol. The van der Waals surface area contributed by atoms with Crippen molar-refractivity contribution in [2.75, 3.05) is 6.54 Å². The molecule has 18 heteroatoms. The lowest BCUT2D eigenvalue weighted by Gasteiger charge is -2.31. The van der Waals surface area contributed by atoms with Crippen molar-refractivity contribution < 1.29 is 53.7 Å². The van der Waals surface area contributed by atoms with Gasteiger partial charge in [-0.25, -0.2) is 4.79 Å². The fraction of sp³-hybridized carbons (Fsp3) is 0.576. The van der Waals surface area contributed by atoms with Gasteiger partial charge in [-0.05, 0) is 44.1 Å². The number of benzene rings is 1. The number of rotatable bonds is 20. The fourth-order valence-electron chi connectivity index (χ4n) is 5.46. The van der Waals surface area contributed by atoms with Gasteiger partial charge in [0, 0.05) is 25.8 Å². The summed E-state index contributed by atoms with van der Waals surface area (Å²) >= 11 is 0. The summed E-state index contributed by atoms with van der Waals surface area (Å²) in [6.07, 6.45) is -2.22. The molecular weight excluding hydrogens is 670 g/mol. The molecule has 2 rings (SSSR count). The van der Waals surface area contributed by atoms with E-state index in [1.54, 1.807) is 44.2 Å². The van der Waals surface area contributed by atoms with Crippen molar-refractivity contribution in [2.24, 2.45) is 17.4 Å². The number of carbonyl (C=O) groups is 8. The highest BCUT2D eigenvalue weighted by Crippen LogP contribution is 2.20. The Kier molecular flexibility index (Phi) is 16.4. The van der Waals surface area contributed by atoms with Crippen molar-refractivity contribution in [1.82, 2.24) is 26.2 Å². The number of aliphatic hydroxyl groups is 1. The van der Waals surface area contributed by atoms with Crippen LogP contribution in [0.25, 0.3) is 0 Å². The molecule has 6 amide bonds. The van der Waals surface area contributed by atoms with E-state index in [1.807, 2.05) is 0 Å². The highest BCUT2D eigenvalue weighted by Gasteiger charge is 2.40. The van der Waals surface area contributed by atoms with E-state index in [-0.39, 0.29) is 32.2 Å². The molecule has 282 valence electrons. The molecule has 11 N–H and O–H groups in total. The van der Waals surface area contributed by atoms with E-state index in [2.05, 4.69) is 21.3 Å². The standard InChI is InChI=1S/C33H49N7O11/c1-17(2)26(32(49)40-15-7-10-23(40)33(50)51)38-31(48)27(18(3)41)39-30(47)22(16-19-8-5-4-6-9-19)37-29(46)21(12-14-25(43)44)36-28(45)20(34)11-13-24(35)42/h4-6,8-9,17-18,20-23,26-27,41H,7,10-16,34H2,1-3H3,(H2,35,42)(H,36,45)(H,37,46)(H,38,48)(H,39,47)(H,43,44)(H,50,51)/t18-,20+,21+,22+,23+,26+,27+/m1/s1. The summed E-state index contributed by atoms with van der Waals surface area (Å²) < 4.78 is 0. The quantitative estimate of drug-likeness (QED) is 0.0690. The predicted octanol–water partition coefficient (Wildman–Crippen LogP) is -2.26. The van der Waals surface area contributed by atoms with E-state index in [9.17, 15) is 53.7 Å². The van der Waals surface area contributed by atoms with Crippen LogP contribution in [-0.4, -0.2) is 117 Å². The first-order chi connectivity index (χ1) is 23.9. The number of nitrogens with two attached hydrogens (primary N) is 2. The number of carbonyl (C=O) groups excluding carboxylic acids is 6. The second kappa shape index (κ2) is 19.9. The Morgan fingerprint density at radius 2 is 1.39 bits per heavy atom. The molecule has 1 aromatic carbocycles. The molecule has 1 aliphatic heterocycles. The Hall–Kier alpha value is -5.10. The largest absolute Gasteiger partial charge is 0.481 e. The zero-order chi connectivity index (χ0) is 38.4. The lowest BCUT2D eigenvalue weighted by Crippen LogP contribution is -2.62. The zero-order valence-electron chi connectivity index (χ0n) is 28.9. The first-order valence-electron chi connectivity index (χ1n) is 16.6. The summed E-state index contributed by atoms with van der Waals surface area (Å²) in [6, 6.07) is 0.358. The SMILES string of the molecule is CC(C)[C@H](NC(=O)[C@@H](NC(=O)[C@H](Cc1ccccc1)NC(=O)[C@H](CCC(=O)O)NC(=O)[C@@H](N)CCC(N)=O)[C@@H](C)O)C(=O)N1CCC[C@H]1C(=O)O. The topological polar surface area (TPSA) is 301 Å². The van der Waals surface area contributed by atoms with Crippen LogP contribution in [0.1, 0.15) is 64.9 Å². The van der Waals surface area contributed by atoms with Crippen molar-refractivity contribution in [2.45, 2.75) is 108 Å². The number of aliphatic carboxylic acids is 2. The van der Waals surface area contributed by atoms with E-state index >= 15 is 0 Å². The van der Waals surface area contributed by atoms with Crippen molar-refractivity contribution in [3.05, 3.63) is 35.9 Å². The molecule has 1 aromatic rings. The van der Waals surface area contributed by atoms with Gasteiger partial charge in [0.15, 0.2) is 0 Å². The van der Waals surface area contributed by atoms with Crippen LogP contribution in [0, 0.1) is 5.92 Å². The first-order valence-corrected chi connectivity index (χ1v) is 16.6. The smallest absolute Gasteiger partial charge is 0.326 e. The molecule has 0 unspecified atom stereocenters. The van der Waals surface area contributed by atoms with Gasteiger partial charge in [0.1, 0.15) is 30.2 Å². The van der Waals surface area contributed by atoms with Crippen LogP contribution in [0.4, 0.5) is 0 Å². The molecule has 0 saturated carbocycles. The number of nitrogens with one attached hydrogen (secondary N) is 4. The molecule has 1 aliphatic rings. The normalized spacial score (nSPS) is 17.6. The Morgan fingerprint density at radius 3 is 1.94 bits per heavy atom. The summed E-state index contributed by atoms with van der Waals surface area (Å²) in [4.78, 5) is 102. The molecular formula is C33H49N7O11. The van der Waals surface area contributed by atoms with Gasteiger partial charge in [-0.3, -0.25) is 33.6 Å². The second-order valence-corrected chi connectivity index (χ2v) is 12.8. The third-order valence-corrected chi connectivity index (χ3v) is 8.35. The maximum Gasteiger partial charge on any atom is 0.326 e. The molecule has 1 saturated heterocycles. The van der Waals surface area contributed by atoms with Gasteiger partial charge in [-0.2, -0.15) is 0 Å². The van der Waals surface area contributed by atoms with Crippen LogP contribution in [0.2, 0.25) is 0 Å². The van der Waals surface area contributed by atoms with Crippen molar-refractivity contribution in [3.8, 4) is 0 Å². The number of aliphatic hydroxyl groups excluding tert-OH is 1. The Bertz CT molecular complexity index is 1420. The molecule has 0 radical (unpaired) electrons. The van der Waals surface area contributed by atoms with Gasteiger partial charge in [-0.15, -0.1) is 0 Å². The van der Waals surface area contributed by atoms with Crippen LogP contribution >= 0.6 is 0 Å². The number of carboxylic acids is 2. The van der Waals surface area contributed by atoms with Crippen LogP contribution < -0.4 is 32.7 Å². The molecule has 51 heavy (non-hydrogen) atoms. The van der Waals surface area contributed by atoms with E-state index in [1.165, 1.54) is 11.8 Å². The number of carboxylic acid groups (broad SMARTS) is 2. The predicted molar refractivity (Wildman–Crippen MR) is 180 cm³/mol. The van der Waals surface area contributed by atoms with Gasteiger partial charge in [0.2, 0.25) is 35.4 Å². The Labute approximate surface area is 295 Å². The summed E-state index contributed by atoms with van der Waals surface area (Å²) in [6.45, 7) is 4.68. The van der Waals surface area contributed by atoms with Crippen molar-refractivity contribution >= 4 is 47.4 Å². The van der Waals surface area contributed by atoms with E-state index in [0.29, 0.717) is 12.0 Å². The molecule has 18 nitrogen and oxygen atoms in total. The summed E-state index contributed by atoms with van der Waals surface area (Å²) in [5, 5.41) is 39.1. The summed E-state index contributed by atoms with van der Waals surface area (Å²) in [5.41, 5.74) is 11.5. The lowest BCUT2D eigenvalue weighted by atomic mass is 10.0. The van der Waals surface area contributed by atoms with Crippen molar-refractivity contribution in [1.29, 1.82) is 0 Å². The number of hydrogen-bond acceptors (Lipinski definition) is 10. The molecule has 1 heterocycles. The van der Waals surface area contributed by atoms with Gasteiger partial charge in [-0.1, -0.05) is 44.2 Å². The third kappa shape index (κ3) is 13.3. The Balaban J connectivity index is 2.31. The number of amides is 6. The maximum atomic E-state index is 13.7. The summed E-state index contributed by atoms with van der Waals surface area (Å²) in [7, 11) is 0. The average Bonchev–Trinajstić information content (AvgIpc) is 3.56. The van der Waals surface area contributed by atoms with Gasteiger partial charge < -0.3 is 53.0 Å². The van der Waals surface area contributed by atoms with E-state index in [0.717, 1.165) is 0 Å². The molecule has 1 fully saturated rings. The minimum absolute atomic E-state index is 0.136. The van der Waals surface area contributed by atoms with Crippen LogP contribution in [0.5, 0.6) is 0 Å². The lowest BCUT2D eigenvalue weighted by molar-refractivity contribution is -0.150. The highest BCUT2D eigenvalue weighted by atomic mass is 16.4. The molecule has 7 atom stereocenters. The minimum atomic E-state index is -1.64. The zero-order valence-corrected chi connectivity index (χ0v) is 28.9. The molecule has 0 bridgehead atoms. The maximum absolute atomic E-state index is 13.7. The van der Waals surface area contributed by atoms with Crippen molar-refractivity contribution in [3.63, 3.8) is 0 Å². The Morgan fingerprint density at radius 1 is 0.804 bits per heavy atom. The van der Waals surface area contributed by atoms with Gasteiger partial charge >= 0.3 is 11.9 Å². The van der Waals surface area contributed by atoms with Crippen LogP contribution in [0.3, 0.4) is 0 Å². The number of hydrogen-bond donors (Lipinski definition) is 9. The molecule has 0 aromatic heterocycles.